The van der Waals surface area contributed by atoms with E-state index in [0.29, 0.717) is 0 Å². The third-order valence-electron chi connectivity index (χ3n) is 15.1. The second-order valence-electron chi connectivity index (χ2n) is 19.2. The fourth-order valence-corrected chi connectivity index (χ4v) is 12.9. The highest BCUT2D eigenvalue weighted by Gasteiger charge is 2.26. The standard InChI is InChI=1S/C70H46N4S/c1-5-21-47(22-6-1)71(51-37-40-66-61(45-51)53-29-17-19-35-63(53)73(66)49-25-9-3-10-26-49)65-42-39-60(70-59(65)43-44-75-70)68-55-31-13-15-33-57(55)69(58-34-16-14-32-56(58)68)72(48-23-7-2-8-24-48)52-38-41-67-62(46-52)54-30-18-20-36-64(54)74(67)50-27-11-4-12-28-50/h1-46H. The monoisotopic (exact) mass is 974 g/mol. The van der Waals surface area contributed by atoms with Crippen LogP contribution in [0.15, 0.2) is 278 Å². The van der Waals surface area contributed by atoms with Crippen LogP contribution < -0.4 is 9.80 Å². The molecule has 352 valence electrons. The van der Waals surface area contributed by atoms with Gasteiger partial charge in [-0.2, -0.15) is 0 Å². The maximum atomic E-state index is 2.48. The van der Waals surface area contributed by atoms with E-state index >= 15 is 0 Å². The quantitative estimate of drug-likeness (QED) is 0.134. The molecular formula is C70H46N4S. The molecule has 0 aliphatic rings. The van der Waals surface area contributed by atoms with E-state index in [4.69, 9.17) is 0 Å². The number of para-hydroxylation sites is 6. The first kappa shape index (κ1) is 43.0. The van der Waals surface area contributed by atoms with Gasteiger partial charge < -0.3 is 18.9 Å². The number of benzene rings is 12. The fraction of sp³-hybridized carbons (Fsp3) is 0. The van der Waals surface area contributed by atoms with E-state index in [1.165, 1.54) is 86.4 Å². The number of anilines is 6. The predicted octanol–water partition coefficient (Wildman–Crippen LogP) is 20.0. The van der Waals surface area contributed by atoms with Crippen LogP contribution in [0.4, 0.5) is 34.1 Å². The summed E-state index contributed by atoms with van der Waals surface area (Å²) in [6.45, 7) is 0. The molecule has 0 fully saturated rings. The Balaban J connectivity index is 0.934. The number of thiophene rings is 1. The molecule has 0 spiro atoms. The largest absolute Gasteiger partial charge is 0.310 e. The van der Waals surface area contributed by atoms with Crippen molar-refractivity contribution in [3.8, 4) is 22.5 Å². The normalized spacial score (nSPS) is 11.7. The highest BCUT2D eigenvalue weighted by atomic mass is 32.1. The zero-order valence-electron chi connectivity index (χ0n) is 40.8. The van der Waals surface area contributed by atoms with Crippen LogP contribution in [0.1, 0.15) is 0 Å². The lowest BCUT2D eigenvalue weighted by molar-refractivity contribution is 1.18. The van der Waals surface area contributed by atoms with Crippen LogP contribution in [0.2, 0.25) is 0 Å². The topological polar surface area (TPSA) is 16.3 Å². The molecule has 0 unspecified atom stereocenters. The molecule has 0 saturated carbocycles. The number of hydrogen-bond acceptors (Lipinski definition) is 3. The molecule has 3 heterocycles. The van der Waals surface area contributed by atoms with E-state index in [9.17, 15) is 0 Å². The number of hydrogen-bond donors (Lipinski definition) is 0. The molecule has 15 rings (SSSR count). The van der Waals surface area contributed by atoms with Crippen molar-refractivity contribution in [3.63, 3.8) is 0 Å². The van der Waals surface area contributed by atoms with Crippen LogP contribution >= 0.6 is 11.3 Å². The average Bonchev–Trinajstić information content (AvgIpc) is 4.20. The maximum Gasteiger partial charge on any atom is 0.0618 e. The van der Waals surface area contributed by atoms with E-state index in [0.717, 1.165) is 45.5 Å². The summed E-state index contributed by atoms with van der Waals surface area (Å²) in [6.07, 6.45) is 0. The first-order valence-corrected chi connectivity index (χ1v) is 26.5. The summed E-state index contributed by atoms with van der Waals surface area (Å²) < 4.78 is 6.02. The molecule has 3 aromatic heterocycles. The number of rotatable bonds is 9. The molecule has 0 N–H and O–H groups in total. The second-order valence-corrected chi connectivity index (χ2v) is 20.1. The van der Waals surface area contributed by atoms with Gasteiger partial charge in [0, 0.05) is 82.1 Å². The van der Waals surface area contributed by atoms with Gasteiger partial charge in [0.25, 0.3) is 0 Å². The van der Waals surface area contributed by atoms with Gasteiger partial charge >= 0.3 is 0 Å². The highest BCUT2D eigenvalue weighted by Crippen LogP contribution is 2.52. The third kappa shape index (κ3) is 6.82. The summed E-state index contributed by atoms with van der Waals surface area (Å²) in [5.41, 5.74) is 16.2. The lowest BCUT2D eigenvalue weighted by atomic mass is 9.89. The molecule has 0 saturated heterocycles. The van der Waals surface area contributed by atoms with Gasteiger partial charge in [-0.25, -0.2) is 0 Å². The highest BCUT2D eigenvalue weighted by molar-refractivity contribution is 7.18. The second kappa shape index (κ2) is 17.5. The molecule has 15 aromatic rings. The van der Waals surface area contributed by atoms with Gasteiger partial charge in [0.2, 0.25) is 0 Å². The molecule has 0 amide bonds. The minimum absolute atomic E-state index is 1.10. The van der Waals surface area contributed by atoms with E-state index in [1.807, 2.05) is 11.3 Å². The van der Waals surface area contributed by atoms with E-state index in [2.05, 4.69) is 297 Å². The van der Waals surface area contributed by atoms with Crippen molar-refractivity contribution in [1.82, 2.24) is 9.13 Å². The van der Waals surface area contributed by atoms with Crippen molar-refractivity contribution < 1.29 is 0 Å². The van der Waals surface area contributed by atoms with Crippen molar-refractivity contribution in [1.29, 1.82) is 0 Å². The molecule has 0 aliphatic carbocycles. The summed E-state index contributed by atoms with van der Waals surface area (Å²) in [4.78, 5) is 4.93. The Morgan fingerprint density at radius 1 is 0.280 bits per heavy atom. The molecular weight excluding hydrogens is 929 g/mol. The molecule has 4 nitrogen and oxygen atoms in total. The summed E-state index contributed by atoms with van der Waals surface area (Å²) >= 11 is 1.82. The summed E-state index contributed by atoms with van der Waals surface area (Å²) in [7, 11) is 0. The maximum absolute atomic E-state index is 2.48. The van der Waals surface area contributed by atoms with Crippen molar-refractivity contribution in [3.05, 3.63) is 278 Å². The Hall–Kier alpha value is -9.68. The smallest absolute Gasteiger partial charge is 0.0618 e. The Morgan fingerprint density at radius 3 is 1.21 bits per heavy atom. The van der Waals surface area contributed by atoms with Gasteiger partial charge in [0.05, 0.1) is 33.4 Å². The minimum atomic E-state index is 1.10. The van der Waals surface area contributed by atoms with Crippen LogP contribution in [-0.2, 0) is 0 Å². The van der Waals surface area contributed by atoms with Crippen LogP contribution in [0.5, 0.6) is 0 Å². The third-order valence-corrected chi connectivity index (χ3v) is 16.1. The van der Waals surface area contributed by atoms with E-state index < -0.39 is 0 Å². The summed E-state index contributed by atoms with van der Waals surface area (Å²) in [5, 5.41) is 13.1. The Kier molecular flexibility index (Phi) is 10.0. The van der Waals surface area contributed by atoms with Crippen molar-refractivity contribution >= 4 is 121 Å². The molecule has 75 heavy (non-hydrogen) atoms. The van der Waals surface area contributed by atoms with Gasteiger partial charge in [0.1, 0.15) is 0 Å². The Bertz CT molecular complexity index is 4590. The van der Waals surface area contributed by atoms with Gasteiger partial charge in [-0.3, -0.25) is 0 Å². The fourth-order valence-electron chi connectivity index (χ4n) is 12.0. The molecule has 0 bridgehead atoms. The average molecular weight is 975 g/mol. The van der Waals surface area contributed by atoms with Gasteiger partial charge in [-0.15, -0.1) is 11.3 Å². The lowest BCUT2D eigenvalue weighted by Crippen LogP contribution is -2.11. The molecule has 12 aromatic carbocycles. The number of aromatic nitrogens is 2. The first-order chi connectivity index (χ1) is 37.3. The molecule has 0 aliphatic heterocycles. The van der Waals surface area contributed by atoms with Crippen LogP contribution in [0, 0.1) is 0 Å². The number of fused-ring (bicyclic) bond motifs is 9. The van der Waals surface area contributed by atoms with Crippen LogP contribution in [-0.4, -0.2) is 9.13 Å². The van der Waals surface area contributed by atoms with Gasteiger partial charge in [0.15, 0.2) is 0 Å². The number of nitrogens with zero attached hydrogens (tertiary/aromatic N) is 4. The SMILES string of the molecule is c1ccc(N(c2ccc3c(c2)c2ccccc2n3-c2ccccc2)c2c3ccccc3c(-c3ccc(N(c4ccccc4)c4ccc5c(c4)c4ccccc4n5-c4ccccc4)c4ccsc34)c3ccccc23)cc1. The Morgan fingerprint density at radius 2 is 0.693 bits per heavy atom. The van der Waals surface area contributed by atoms with E-state index in [1.54, 1.807) is 0 Å². The zero-order valence-corrected chi connectivity index (χ0v) is 41.6. The zero-order chi connectivity index (χ0) is 49.4. The van der Waals surface area contributed by atoms with Gasteiger partial charge in [-0.05, 0) is 131 Å². The predicted molar refractivity (Wildman–Crippen MR) is 320 cm³/mol. The van der Waals surface area contributed by atoms with Crippen molar-refractivity contribution in [2.75, 3.05) is 9.80 Å². The molecule has 0 atom stereocenters. The molecule has 0 radical (unpaired) electrons. The van der Waals surface area contributed by atoms with Crippen LogP contribution in [0.3, 0.4) is 0 Å². The van der Waals surface area contributed by atoms with Crippen molar-refractivity contribution in [2.24, 2.45) is 0 Å². The van der Waals surface area contributed by atoms with Crippen LogP contribution in [0.25, 0.3) is 97.7 Å². The summed E-state index contributed by atoms with van der Waals surface area (Å²) in [5.74, 6) is 0. The van der Waals surface area contributed by atoms with E-state index in [-0.39, 0.29) is 0 Å². The minimum Gasteiger partial charge on any atom is -0.310 e. The van der Waals surface area contributed by atoms with Gasteiger partial charge in [-0.1, -0.05) is 164 Å². The molecule has 5 heteroatoms. The lowest BCUT2D eigenvalue weighted by Gasteiger charge is -2.30. The first-order valence-electron chi connectivity index (χ1n) is 25.6. The summed E-state index contributed by atoms with van der Waals surface area (Å²) in [6, 6.07) is 99.8. The van der Waals surface area contributed by atoms with Crippen molar-refractivity contribution in [2.45, 2.75) is 0 Å². The Labute approximate surface area is 438 Å².